The van der Waals surface area contributed by atoms with Crippen LogP contribution in [-0.4, -0.2) is 34.4 Å². The number of halogens is 2. The summed E-state index contributed by atoms with van der Waals surface area (Å²) in [6.07, 6.45) is 1.26. The smallest absolute Gasteiger partial charge is 0.305 e. The number of nitrogens with zero attached hydrogens (tertiary/aromatic N) is 1. The van der Waals surface area contributed by atoms with Crippen molar-refractivity contribution in [2.45, 2.75) is 6.42 Å². The Kier molecular flexibility index (Phi) is 7.90. The molecule has 0 fully saturated rings. The van der Waals surface area contributed by atoms with Gasteiger partial charge in [-0.1, -0.05) is 41.9 Å². The van der Waals surface area contributed by atoms with Gasteiger partial charge < -0.3 is 15.7 Å². The molecule has 0 aliphatic carbocycles. The molecule has 0 bridgehead atoms. The number of hydrogen-bond donors (Lipinski definition) is 3. The highest BCUT2D eigenvalue weighted by Gasteiger charge is 2.16. The summed E-state index contributed by atoms with van der Waals surface area (Å²) in [6, 6.07) is 21.3. The Labute approximate surface area is 216 Å². The van der Waals surface area contributed by atoms with E-state index in [4.69, 9.17) is 16.7 Å². The molecule has 9 heteroatoms. The van der Waals surface area contributed by atoms with Crippen molar-refractivity contribution in [3.8, 4) is 22.3 Å². The molecule has 1 aromatic heterocycles. The van der Waals surface area contributed by atoms with Gasteiger partial charge in [-0.05, 0) is 65.2 Å². The van der Waals surface area contributed by atoms with Crippen molar-refractivity contribution in [1.29, 1.82) is 0 Å². The summed E-state index contributed by atoms with van der Waals surface area (Å²) >= 11 is 6.19. The molecule has 0 radical (unpaired) electrons. The van der Waals surface area contributed by atoms with E-state index in [1.807, 2.05) is 12.1 Å². The Morgan fingerprint density at radius 2 is 1.49 bits per heavy atom. The first kappa shape index (κ1) is 25.5. The number of pyridine rings is 1. The number of aliphatic carboxylic acids is 1. The van der Waals surface area contributed by atoms with Crippen molar-refractivity contribution < 1.29 is 23.9 Å². The maximum Gasteiger partial charge on any atom is 0.305 e. The predicted molar refractivity (Wildman–Crippen MR) is 139 cm³/mol. The van der Waals surface area contributed by atoms with E-state index in [2.05, 4.69) is 15.6 Å². The number of carbonyl (C=O) groups is 3. The predicted octanol–water partition coefficient (Wildman–Crippen LogP) is 5.66. The van der Waals surface area contributed by atoms with E-state index in [1.165, 1.54) is 24.4 Å². The lowest BCUT2D eigenvalue weighted by atomic mass is 10.00. The number of carbonyl (C=O) groups excluding carboxylic acids is 2. The van der Waals surface area contributed by atoms with Crippen LogP contribution in [-0.2, 0) is 4.79 Å². The van der Waals surface area contributed by atoms with Crippen molar-refractivity contribution >= 4 is 35.1 Å². The van der Waals surface area contributed by atoms with Crippen LogP contribution in [0.25, 0.3) is 22.3 Å². The molecule has 0 saturated carbocycles. The molecule has 0 atom stereocenters. The van der Waals surface area contributed by atoms with Crippen LogP contribution in [0.1, 0.15) is 27.3 Å². The van der Waals surface area contributed by atoms with E-state index in [1.54, 1.807) is 48.5 Å². The lowest BCUT2D eigenvalue weighted by Gasteiger charge is -2.12. The molecule has 186 valence electrons. The molecule has 3 N–H and O–H groups in total. The van der Waals surface area contributed by atoms with Crippen molar-refractivity contribution in [1.82, 2.24) is 10.3 Å². The second kappa shape index (κ2) is 11.5. The lowest BCUT2D eigenvalue weighted by molar-refractivity contribution is -0.136. The van der Waals surface area contributed by atoms with Crippen molar-refractivity contribution in [3.63, 3.8) is 0 Å². The van der Waals surface area contributed by atoms with Gasteiger partial charge in [0, 0.05) is 34.6 Å². The first-order valence-corrected chi connectivity index (χ1v) is 11.6. The molecule has 7 nitrogen and oxygen atoms in total. The maximum absolute atomic E-state index is 13.2. The summed E-state index contributed by atoms with van der Waals surface area (Å²) in [4.78, 5) is 40.1. The number of carboxylic acids is 1. The van der Waals surface area contributed by atoms with Crippen molar-refractivity contribution in [2.75, 3.05) is 11.9 Å². The summed E-state index contributed by atoms with van der Waals surface area (Å²) in [5, 5.41) is 14.5. The van der Waals surface area contributed by atoms with Crippen LogP contribution in [0.5, 0.6) is 0 Å². The van der Waals surface area contributed by atoms with Gasteiger partial charge in [-0.3, -0.25) is 19.4 Å². The largest absolute Gasteiger partial charge is 0.481 e. The summed E-state index contributed by atoms with van der Waals surface area (Å²) in [6.45, 7) is -0.0128. The fourth-order valence-electron chi connectivity index (χ4n) is 3.60. The molecule has 37 heavy (non-hydrogen) atoms. The van der Waals surface area contributed by atoms with E-state index in [-0.39, 0.29) is 30.4 Å². The first-order chi connectivity index (χ1) is 17.8. The highest BCUT2D eigenvalue weighted by atomic mass is 35.5. The fourth-order valence-corrected chi connectivity index (χ4v) is 3.77. The zero-order valence-corrected chi connectivity index (χ0v) is 20.1. The second-order valence-corrected chi connectivity index (χ2v) is 8.50. The Hall–Kier alpha value is -4.56. The molecule has 0 aliphatic heterocycles. The minimum absolute atomic E-state index is 0.0128. The number of hydrogen-bond acceptors (Lipinski definition) is 4. The van der Waals surface area contributed by atoms with Crippen LogP contribution in [0.15, 0.2) is 85.1 Å². The summed E-state index contributed by atoms with van der Waals surface area (Å²) < 4.78 is 13.2. The summed E-state index contributed by atoms with van der Waals surface area (Å²) in [5.74, 6) is -2.19. The van der Waals surface area contributed by atoms with E-state index in [9.17, 15) is 18.8 Å². The molecule has 3 aromatic carbocycles. The van der Waals surface area contributed by atoms with Gasteiger partial charge in [-0.25, -0.2) is 4.39 Å². The highest BCUT2D eigenvalue weighted by molar-refractivity contribution is 6.31. The molecular formula is C28H21ClFN3O4. The topological polar surface area (TPSA) is 108 Å². The number of nitrogens with one attached hydrogen (secondary N) is 2. The van der Waals surface area contributed by atoms with Crippen LogP contribution in [0.3, 0.4) is 0 Å². The standard InChI is InChI=1S/C28H21ClFN3O4/c29-20-6-11-23(24(15-20)19-5-12-25(32-16-19)28(37)31-14-13-26(34)35)27(36)33-22-9-3-18(4-10-22)17-1-7-21(30)8-2-17/h1-12,15-16H,13-14H2,(H,31,37)(H,33,36)(H,34,35). The molecule has 0 saturated heterocycles. The van der Waals surface area contributed by atoms with Crippen LogP contribution >= 0.6 is 11.6 Å². The van der Waals surface area contributed by atoms with Gasteiger partial charge in [0.1, 0.15) is 11.5 Å². The van der Waals surface area contributed by atoms with Gasteiger partial charge in [-0.2, -0.15) is 0 Å². The maximum atomic E-state index is 13.2. The molecule has 4 rings (SSSR count). The van der Waals surface area contributed by atoms with Crippen LogP contribution < -0.4 is 10.6 Å². The molecule has 1 heterocycles. The quantitative estimate of drug-likeness (QED) is 0.279. The number of rotatable bonds is 8. The fraction of sp³-hybridized carbons (Fsp3) is 0.0714. The summed E-state index contributed by atoms with van der Waals surface area (Å²) in [5.41, 5.74) is 3.87. The van der Waals surface area contributed by atoms with Crippen LogP contribution in [0, 0.1) is 5.82 Å². The van der Waals surface area contributed by atoms with Gasteiger partial charge in [0.25, 0.3) is 11.8 Å². The Morgan fingerprint density at radius 1 is 0.838 bits per heavy atom. The van der Waals surface area contributed by atoms with Crippen molar-refractivity contribution in [3.05, 3.63) is 107 Å². The average molecular weight is 518 g/mol. The molecule has 0 spiro atoms. The number of carboxylic acid groups (broad SMARTS) is 1. The second-order valence-electron chi connectivity index (χ2n) is 8.06. The van der Waals surface area contributed by atoms with Gasteiger partial charge >= 0.3 is 5.97 Å². The number of aromatic nitrogens is 1. The van der Waals surface area contributed by atoms with Crippen molar-refractivity contribution in [2.24, 2.45) is 0 Å². The third-order valence-electron chi connectivity index (χ3n) is 5.48. The van der Waals surface area contributed by atoms with E-state index >= 15 is 0 Å². The third-order valence-corrected chi connectivity index (χ3v) is 5.71. The molecular weight excluding hydrogens is 497 g/mol. The SMILES string of the molecule is O=C(O)CCNC(=O)c1ccc(-c2cc(Cl)ccc2C(=O)Nc2ccc(-c3ccc(F)cc3)cc2)cn1. The minimum Gasteiger partial charge on any atom is -0.481 e. The normalized spacial score (nSPS) is 10.5. The molecule has 4 aromatic rings. The monoisotopic (exact) mass is 517 g/mol. The number of amides is 2. The average Bonchev–Trinajstić information content (AvgIpc) is 2.89. The van der Waals surface area contributed by atoms with Crippen LogP contribution in [0.4, 0.5) is 10.1 Å². The Morgan fingerprint density at radius 3 is 2.11 bits per heavy atom. The molecule has 2 amide bonds. The molecule has 0 unspecified atom stereocenters. The van der Waals surface area contributed by atoms with Gasteiger partial charge in [0.15, 0.2) is 0 Å². The first-order valence-electron chi connectivity index (χ1n) is 11.2. The van der Waals surface area contributed by atoms with Gasteiger partial charge in [0.2, 0.25) is 0 Å². The number of benzene rings is 3. The van der Waals surface area contributed by atoms with Crippen LogP contribution in [0.2, 0.25) is 5.02 Å². The van der Waals surface area contributed by atoms with Gasteiger partial charge in [-0.15, -0.1) is 0 Å². The van der Waals surface area contributed by atoms with E-state index in [0.29, 0.717) is 27.4 Å². The summed E-state index contributed by atoms with van der Waals surface area (Å²) in [7, 11) is 0. The zero-order valence-electron chi connectivity index (χ0n) is 19.4. The Balaban J connectivity index is 1.50. The van der Waals surface area contributed by atoms with E-state index in [0.717, 1.165) is 11.1 Å². The lowest BCUT2D eigenvalue weighted by Crippen LogP contribution is -2.26. The minimum atomic E-state index is -1.01. The Bertz CT molecular complexity index is 1440. The molecule has 0 aliphatic rings. The zero-order chi connectivity index (χ0) is 26.4. The van der Waals surface area contributed by atoms with E-state index < -0.39 is 11.9 Å². The highest BCUT2D eigenvalue weighted by Crippen LogP contribution is 2.28. The third kappa shape index (κ3) is 6.56. The van der Waals surface area contributed by atoms with Gasteiger partial charge in [0.05, 0.1) is 6.42 Å². The number of anilines is 1.